The molecule has 0 spiro atoms. The summed E-state index contributed by atoms with van der Waals surface area (Å²) in [5.74, 6) is 2.61. The highest BCUT2D eigenvalue weighted by atomic mass is 79.9. The molecule has 2 fully saturated rings. The van der Waals surface area contributed by atoms with Gasteiger partial charge in [-0.3, -0.25) is 0 Å². The molecule has 2 aromatic carbocycles. The number of anilines is 1. The normalized spacial score (nSPS) is 19.1. The van der Waals surface area contributed by atoms with Crippen molar-refractivity contribution >= 4 is 21.6 Å². The van der Waals surface area contributed by atoms with E-state index in [1.807, 2.05) is 18.2 Å². The number of rotatable bonds is 6. The topological polar surface area (TPSA) is 24.9 Å². The maximum Gasteiger partial charge on any atom is 0.145 e. The van der Waals surface area contributed by atoms with Crippen molar-refractivity contribution in [1.29, 1.82) is 0 Å². The van der Waals surface area contributed by atoms with E-state index in [1.54, 1.807) is 14.2 Å². The maximum atomic E-state index is 5.62. The first kappa shape index (κ1) is 21.5. The fourth-order valence-corrected chi connectivity index (χ4v) is 5.54. The Kier molecular flexibility index (Phi) is 7.21. The van der Waals surface area contributed by atoms with Crippen LogP contribution < -0.4 is 14.4 Å². The van der Waals surface area contributed by atoms with E-state index in [0.29, 0.717) is 6.04 Å². The molecule has 2 aromatic rings. The molecule has 4 nitrogen and oxygen atoms in total. The zero-order valence-electron chi connectivity index (χ0n) is 18.1. The number of para-hydroxylation sites is 1. The first-order chi connectivity index (χ1) is 14.7. The van der Waals surface area contributed by atoms with Gasteiger partial charge in [0, 0.05) is 23.6 Å². The first-order valence-corrected chi connectivity index (χ1v) is 11.9. The van der Waals surface area contributed by atoms with Gasteiger partial charge < -0.3 is 19.3 Å². The molecule has 0 atom stereocenters. The Labute approximate surface area is 189 Å². The van der Waals surface area contributed by atoms with Gasteiger partial charge in [0.2, 0.25) is 0 Å². The molecule has 0 radical (unpaired) electrons. The first-order valence-electron chi connectivity index (χ1n) is 11.1. The smallest absolute Gasteiger partial charge is 0.145 e. The van der Waals surface area contributed by atoms with E-state index in [0.717, 1.165) is 36.2 Å². The van der Waals surface area contributed by atoms with E-state index in [2.05, 4.69) is 50.0 Å². The van der Waals surface area contributed by atoms with Crippen molar-refractivity contribution in [1.82, 2.24) is 4.90 Å². The van der Waals surface area contributed by atoms with Crippen LogP contribution in [0.2, 0.25) is 0 Å². The number of piperidine rings is 2. The van der Waals surface area contributed by atoms with Crippen LogP contribution in [-0.4, -0.2) is 51.3 Å². The van der Waals surface area contributed by atoms with Crippen LogP contribution >= 0.6 is 15.9 Å². The van der Waals surface area contributed by atoms with Gasteiger partial charge in [0.1, 0.15) is 17.2 Å². The molecular formula is C25H33BrN2O2. The third-order valence-corrected chi connectivity index (χ3v) is 7.59. The second kappa shape index (κ2) is 10.1. The number of methoxy groups -OCH3 is 2. The van der Waals surface area contributed by atoms with E-state index in [1.165, 1.54) is 55.2 Å². The van der Waals surface area contributed by atoms with Crippen LogP contribution in [0.15, 0.2) is 46.9 Å². The highest BCUT2D eigenvalue weighted by molar-refractivity contribution is 9.10. The van der Waals surface area contributed by atoms with Gasteiger partial charge in [0.15, 0.2) is 0 Å². The zero-order chi connectivity index (χ0) is 20.9. The minimum atomic E-state index is 0.700. The predicted molar refractivity (Wildman–Crippen MR) is 127 cm³/mol. The molecule has 4 rings (SSSR count). The number of likely N-dealkylation sites (tertiary alicyclic amines) is 1. The lowest BCUT2D eigenvalue weighted by Gasteiger charge is -2.42. The molecule has 0 aromatic heterocycles. The van der Waals surface area contributed by atoms with E-state index in [9.17, 15) is 0 Å². The maximum absolute atomic E-state index is 5.62. The quantitative estimate of drug-likeness (QED) is 0.562. The Hall–Kier alpha value is -1.72. The summed E-state index contributed by atoms with van der Waals surface area (Å²) in [5, 5.41) is 0. The van der Waals surface area contributed by atoms with Crippen molar-refractivity contribution in [2.75, 3.05) is 45.3 Å². The van der Waals surface area contributed by atoms with Crippen LogP contribution in [0.5, 0.6) is 11.5 Å². The number of hydrogen-bond donors (Lipinski definition) is 0. The lowest BCUT2D eigenvalue weighted by Crippen LogP contribution is -2.48. The van der Waals surface area contributed by atoms with Crippen molar-refractivity contribution in [3.63, 3.8) is 0 Å². The molecule has 0 bridgehead atoms. The molecule has 5 heteroatoms. The van der Waals surface area contributed by atoms with Crippen molar-refractivity contribution in [3.8, 4) is 11.5 Å². The van der Waals surface area contributed by atoms with Crippen LogP contribution in [0.1, 0.15) is 31.2 Å². The zero-order valence-corrected chi connectivity index (χ0v) is 19.7. The number of hydrogen-bond acceptors (Lipinski definition) is 4. The highest BCUT2D eigenvalue weighted by Gasteiger charge is 2.30. The van der Waals surface area contributed by atoms with Gasteiger partial charge in [-0.25, -0.2) is 0 Å². The minimum Gasteiger partial charge on any atom is -0.494 e. The molecule has 0 amide bonds. The molecule has 0 saturated carbocycles. The minimum absolute atomic E-state index is 0.700. The average molecular weight is 473 g/mol. The van der Waals surface area contributed by atoms with Crippen LogP contribution in [-0.2, 0) is 6.42 Å². The van der Waals surface area contributed by atoms with Crippen LogP contribution in [0.25, 0.3) is 0 Å². The second-order valence-electron chi connectivity index (χ2n) is 8.50. The van der Waals surface area contributed by atoms with Crippen molar-refractivity contribution < 1.29 is 9.47 Å². The summed E-state index contributed by atoms with van der Waals surface area (Å²) < 4.78 is 12.5. The summed E-state index contributed by atoms with van der Waals surface area (Å²) in [4.78, 5) is 5.18. The lowest BCUT2D eigenvalue weighted by molar-refractivity contribution is 0.115. The number of benzene rings is 2. The molecule has 30 heavy (non-hydrogen) atoms. The predicted octanol–water partition coefficient (Wildman–Crippen LogP) is 5.39. The Morgan fingerprint density at radius 2 is 1.47 bits per heavy atom. The lowest BCUT2D eigenvalue weighted by atomic mass is 9.88. The summed E-state index contributed by atoms with van der Waals surface area (Å²) in [6.07, 6.45) is 6.22. The Bertz CT molecular complexity index is 805. The fourth-order valence-electron chi connectivity index (χ4n) is 5.10. The highest BCUT2D eigenvalue weighted by Crippen LogP contribution is 2.39. The number of ether oxygens (including phenoxy) is 2. The summed E-state index contributed by atoms with van der Waals surface area (Å²) in [6.45, 7) is 4.58. The van der Waals surface area contributed by atoms with Crippen LogP contribution in [0.3, 0.4) is 0 Å². The van der Waals surface area contributed by atoms with Gasteiger partial charge in [0.05, 0.1) is 14.2 Å². The monoisotopic (exact) mass is 472 g/mol. The van der Waals surface area contributed by atoms with Crippen molar-refractivity contribution in [3.05, 3.63) is 52.5 Å². The molecule has 2 saturated heterocycles. The number of nitrogens with zero attached hydrogens (tertiary/aromatic N) is 2. The standard InChI is InChI=1S/C25H33BrN2O2/c1-29-23-8-5-9-24(30-2)25(23)28-16-12-21(13-17-28)27-14-10-19(11-15-27)18-20-6-3-4-7-22(20)26/h3-9,19,21H,10-18H2,1-2H3. The number of halogens is 1. The van der Waals surface area contributed by atoms with Gasteiger partial charge in [0.25, 0.3) is 0 Å². The Balaban J connectivity index is 1.30. The Morgan fingerprint density at radius 1 is 0.833 bits per heavy atom. The van der Waals surface area contributed by atoms with E-state index < -0.39 is 0 Å². The molecule has 0 aliphatic carbocycles. The van der Waals surface area contributed by atoms with Gasteiger partial charge in [-0.15, -0.1) is 0 Å². The third kappa shape index (κ3) is 4.78. The Morgan fingerprint density at radius 3 is 2.07 bits per heavy atom. The van der Waals surface area contributed by atoms with Gasteiger partial charge in [-0.2, -0.15) is 0 Å². The fraction of sp³-hybridized carbons (Fsp3) is 0.520. The molecular weight excluding hydrogens is 440 g/mol. The molecule has 0 N–H and O–H groups in total. The summed E-state index contributed by atoms with van der Waals surface area (Å²) >= 11 is 3.71. The van der Waals surface area contributed by atoms with Gasteiger partial charge in [-0.05, 0) is 74.9 Å². The van der Waals surface area contributed by atoms with E-state index >= 15 is 0 Å². The molecule has 2 heterocycles. The third-order valence-electron chi connectivity index (χ3n) is 6.81. The summed E-state index contributed by atoms with van der Waals surface area (Å²) in [5.41, 5.74) is 2.56. The SMILES string of the molecule is COc1cccc(OC)c1N1CCC(N2CCC(Cc3ccccc3Br)CC2)CC1. The molecule has 2 aliphatic heterocycles. The second-order valence-corrected chi connectivity index (χ2v) is 9.36. The molecule has 162 valence electrons. The van der Waals surface area contributed by atoms with Crippen molar-refractivity contribution in [2.24, 2.45) is 5.92 Å². The van der Waals surface area contributed by atoms with Gasteiger partial charge >= 0.3 is 0 Å². The van der Waals surface area contributed by atoms with Crippen LogP contribution in [0.4, 0.5) is 5.69 Å². The molecule has 2 aliphatic rings. The average Bonchev–Trinajstić information content (AvgIpc) is 2.80. The summed E-state index contributed by atoms with van der Waals surface area (Å²) in [6, 6.07) is 15.4. The largest absolute Gasteiger partial charge is 0.494 e. The summed E-state index contributed by atoms with van der Waals surface area (Å²) in [7, 11) is 3.48. The van der Waals surface area contributed by atoms with Gasteiger partial charge in [-0.1, -0.05) is 40.2 Å². The van der Waals surface area contributed by atoms with Crippen LogP contribution in [0, 0.1) is 5.92 Å². The molecule has 0 unspecified atom stereocenters. The van der Waals surface area contributed by atoms with E-state index in [4.69, 9.17) is 9.47 Å². The van der Waals surface area contributed by atoms with E-state index in [-0.39, 0.29) is 0 Å². The van der Waals surface area contributed by atoms with Crippen molar-refractivity contribution in [2.45, 2.75) is 38.1 Å².